The number of amides is 2. The number of carbonyl (C=O) groups is 2. The van der Waals surface area contributed by atoms with E-state index < -0.39 is 0 Å². The van der Waals surface area contributed by atoms with Crippen molar-refractivity contribution in [3.63, 3.8) is 0 Å². The Balaban J connectivity index is 1.88. The molecule has 2 fully saturated rings. The van der Waals surface area contributed by atoms with Crippen LogP contribution in [0.2, 0.25) is 0 Å². The molecular formula is C16H26N2O2. The highest BCUT2D eigenvalue weighted by Gasteiger charge is 2.60. The summed E-state index contributed by atoms with van der Waals surface area (Å²) in [5.74, 6) is 1.17. The van der Waals surface area contributed by atoms with E-state index in [4.69, 9.17) is 0 Å². The summed E-state index contributed by atoms with van der Waals surface area (Å²) in [6.07, 6.45) is 0. The van der Waals surface area contributed by atoms with E-state index in [0.717, 1.165) is 18.7 Å². The van der Waals surface area contributed by atoms with Gasteiger partial charge in [0.25, 0.3) is 0 Å². The van der Waals surface area contributed by atoms with Crippen LogP contribution in [0.25, 0.3) is 0 Å². The minimum absolute atomic E-state index is 0.0436. The number of carbonyl (C=O) groups excluding carboxylic acids is 2. The molecule has 2 aliphatic rings. The van der Waals surface area contributed by atoms with Gasteiger partial charge in [-0.1, -0.05) is 26.0 Å². The third-order valence-electron chi connectivity index (χ3n) is 4.80. The van der Waals surface area contributed by atoms with Crippen molar-refractivity contribution in [1.29, 1.82) is 0 Å². The molecule has 1 heterocycles. The fourth-order valence-electron chi connectivity index (χ4n) is 2.96. The Bertz CT molecular complexity index is 441. The molecule has 1 saturated carbocycles. The van der Waals surface area contributed by atoms with E-state index in [-0.39, 0.29) is 29.2 Å². The predicted molar refractivity (Wildman–Crippen MR) is 78.9 cm³/mol. The second-order valence-corrected chi connectivity index (χ2v) is 7.15. The van der Waals surface area contributed by atoms with Gasteiger partial charge in [0.1, 0.15) is 0 Å². The van der Waals surface area contributed by atoms with Gasteiger partial charge in [-0.3, -0.25) is 9.59 Å². The molecule has 1 saturated heterocycles. The first-order valence-electron chi connectivity index (χ1n) is 7.42. The van der Waals surface area contributed by atoms with Crippen LogP contribution in [0.5, 0.6) is 0 Å². The second kappa shape index (κ2) is 4.90. The Morgan fingerprint density at radius 1 is 1.25 bits per heavy atom. The zero-order chi connectivity index (χ0) is 15.2. The molecule has 20 heavy (non-hydrogen) atoms. The van der Waals surface area contributed by atoms with Gasteiger partial charge in [0.05, 0.1) is 5.54 Å². The largest absolute Gasteiger partial charge is 0.347 e. The molecule has 1 N–H and O–H groups in total. The molecule has 0 aromatic carbocycles. The number of nitrogens with zero attached hydrogens (tertiary/aromatic N) is 1. The standard InChI is InChI=1S/C16H26N2O2/c1-9(2)15(20)18-7-11-12(8-18)13(11)14(19)17-16(5,6)10(3)4/h9,11-13H,3,7-8H2,1-2,4-6H3,(H,17,19). The zero-order valence-electron chi connectivity index (χ0n) is 13.2. The molecule has 2 unspecified atom stereocenters. The van der Waals surface area contributed by atoms with Crippen LogP contribution in [-0.2, 0) is 9.59 Å². The molecule has 0 aromatic rings. The maximum absolute atomic E-state index is 12.3. The van der Waals surface area contributed by atoms with E-state index in [1.54, 1.807) is 0 Å². The summed E-state index contributed by atoms with van der Waals surface area (Å²) in [5.41, 5.74) is 0.592. The van der Waals surface area contributed by atoms with Crippen LogP contribution in [0.3, 0.4) is 0 Å². The van der Waals surface area contributed by atoms with Gasteiger partial charge >= 0.3 is 0 Å². The van der Waals surface area contributed by atoms with E-state index in [1.807, 2.05) is 39.5 Å². The molecule has 2 amide bonds. The van der Waals surface area contributed by atoms with E-state index in [9.17, 15) is 9.59 Å². The third kappa shape index (κ3) is 2.60. The molecule has 0 spiro atoms. The third-order valence-corrected chi connectivity index (χ3v) is 4.80. The van der Waals surface area contributed by atoms with Crippen LogP contribution in [-0.4, -0.2) is 35.3 Å². The number of hydrogen-bond acceptors (Lipinski definition) is 2. The van der Waals surface area contributed by atoms with E-state index in [1.165, 1.54) is 0 Å². The Morgan fingerprint density at radius 3 is 2.15 bits per heavy atom. The number of piperidine rings is 1. The van der Waals surface area contributed by atoms with E-state index in [2.05, 4.69) is 11.9 Å². The maximum atomic E-state index is 12.3. The average molecular weight is 278 g/mol. The van der Waals surface area contributed by atoms with Crippen molar-refractivity contribution in [2.45, 2.75) is 40.2 Å². The summed E-state index contributed by atoms with van der Waals surface area (Å²) in [5, 5.41) is 3.07. The molecule has 4 heteroatoms. The van der Waals surface area contributed by atoms with Crippen LogP contribution >= 0.6 is 0 Å². The summed E-state index contributed by atoms with van der Waals surface area (Å²) in [6, 6.07) is 0. The fourth-order valence-corrected chi connectivity index (χ4v) is 2.96. The van der Waals surface area contributed by atoms with Gasteiger partial charge in [-0.05, 0) is 32.6 Å². The summed E-state index contributed by atoms with van der Waals surface area (Å²) in [4.78, 5) is 26.1. The van der Waals surface area contributed by atoms with Crippen LogP contribution in [0.4, 0.5) is 0 Å². The quantitative estimate of drug-likeness (QED) is 0.797. The minimum atomic E-state index is -0.360. The Kier molecular flexibility index (Phi) is 3.69. The predicted octanol–water partition coefficient (Wildman–Crippen LogP) is 1.82. The SMILES string of the molecule is C=C(C)C(C)(C)NC(=O)C1C2CN(C(=O)C(C)C)CC21. The smallest absolute Gasteiger partial charge is 0.225 e. The number of rotatable bonds is 4. The monoisotopic (exact) mass is 278 g/mol. The lowest BCUT2D eigenvalue weighted by molar-refractivity contribution is -0.135. The molecule has 1 aliphatic heterocycles. The van der Waals surface area contributed by atoms with E-state index in [0.29, 0.717) is 11.8 Å². The van der Waals surface area contributed by atoms with Crippen molar-refractivity contribution in [3.05, 3.63) is 12.2 Å². The van der Waals surface area contributed by atoms with Crippen molar-refractivity contribution in [2.75, 3.05) is 13.1 Å². The van der Waals surface area contributed by atoms with Gasteiger partial charge in [-0.15, -0.1) is 0 Å². The summed E-state index contributed by atoms with van der Waals surface area (Å²) < 4.78 is 0. The van der Waals surface area contributed by atoms with Crippen molar-refractivity contribution >= 4 is 11.8 Å². The molecule has 112 valence electrons. The first-order chi connectivity index (χ1) is 9.15. The Hall–Kier alpha value is -1.32. The normalized spacial score (nSPS) is 28.3. The van der Waals surface area contributed by atoms with Crippen molar-refractivity contribution in [1.82, 2.24) is 10.2 Å². The molecule has 1 aliphatic carbocycles. The molecule has 0 aromatic heterocycles. The number of hydrogen-bond donors (Lipinski definition) is 1. The highest BCUT2D eigenvalue weighted by molar-refractivity contribution is 5.85. The Morgan fingerprint density at radius 2 is 1.75 bits per heavy atom. The lowest BCUT2D eigenvalue weighted by atomic mass is 9.96. The van der Waals surface area contributed by atoms with Gasteiger partial charge < -0.3 is 10.2 Å². The zero-order valence-corrected chi connectivity index (χ0v) is 13.2. The van der Waals surface area contributed by atoms with Gasteiger partial charge in [0, 0.05) is 24.9 Å². The van der Waals surface area contributed by atoms with Crippen molar-refractivity contribution < 1.29 is 9.59 Å². The maximum Gasteiger partial charge on any atom is 0.225 e. The van der Waals surface area contributed by atoms with Crippen LogP contribution < -0.4 is 5.32 Å². The fraction of sp³-hybridized carbons (Fsp3) is 0.750. The molecule has 2 rings (SSSR count). The minimum Gasteiger partial charge on any atom is -0.347 e. The van der Waals surface area contributed by atoms with E-state index >= 15 is 0 Å². The van der Waals surface area contributed by atoms with Gasteiger partial charge in [0.2, 0.25) is 11.8 Å². The average Bonchev–Trinajstić information content (AvgIpc) is 2.83. The molecule has 0 bridgehead atoms. The summed E-state index contributed by atoms with van der Waals surface area (Å²) in [6.45, 7) is 15.1. The number of likely N-dealkylation sites (tertiary alicyclic amines) is 1. The summed E-state index contributed by atoms with van der Waals surface area (Å²) in [7, 11) is 0. The Labute approximate surface area is 121 Å². The van der Waals surface area contributed by atoms with Gasteiger partial charge in [0.15, 0.2) is 0 Å². The first kappa shape index (κ1) is 15.1. The van der Waals surface area contributed by atoms with Crippen LogP contribution in [0.15, 0.2) is 12.2 Å². The molecule has 4 nitrogen and oxygen atoms in total. The van der Waals surface area contributed by atoms with Gasteiger partial charge in [-0.2, -0.15) is 0 Å². The molecule has 2 atom stereocenters. The lowest BCUT2D eigenvalue weighted by Crippen LogP contribution is -2.46. The first-order valence-corrected chi connectivity index (χ1v) is 7.42. The van der Waals surface area contributed by atoms with Crippen molar-refractivity contribution in [3.8, 4) is 0 Å². The second-order valence-electron chi connectivity index (χ2n) is 7.15. The van der Waals surface area contributed by atoms with Crippen LogP contribution in [0.1, 0.15) is 34.6 Å². The van der Waals surface area contributed by atoms with Gasteiger partial charge in [-0.25, -0.2) is 0 Å². The summed E-state index contributed by atoms with van der Waals surface area (Å²) >= 11 is 0. The lowest BCUT2D eigenvalue weighted by Gasteiger charge is -2.28. The number of nitrogens with one attached hydrogen (secondary N) is 1. The molecule has 0 radical (unpaired) electrons. The van der Waals surface area contributed by atoms with Crippen molar-refractivity contribution in [2.24, 2.45) is 23.7 Å². The number of fused-ring (bicyclic) bond motifs is 1. The highest BCUT2D eigenvalue weighted by atomic mass is 16.2. The van der Waals surface area contributed by atoms with Crippen LogP contribution in [0, 0.1) is 23.7 Å². The highest BCUT2D eigenvalue weighted by Crippen LogP contribution is 2.52. The topological polar surface area (TPSA) is 49.4 Å². The molecular weight excluding hydrogens is 252 g/mol.